The summed E-state index contributed by atoms with van der Waals surface area (Å²) in [6, 6.07) is 0. The first-order chi connectivity index (χ1) is 41.4. The van der Waals surface area contributed by atoms with Crippen LogP contribution in [-0.4, -0.2) is 96.7 Å². The lowest BCUT2D eigenvalue weighted by Gasteiger charge is -2.21. The number of rotatable bonds is 66. The molecule has 0 aliphatic carbocycles. The van der Waals surface area contributed by atoms with Crippen LogP contribution in [0.5, 0.6) is 0 Å². The van der Waals surface area contributed by atoms with Crippen molar-refractivity contribution in [2.45, 2.75) is 355 Å². The molecule has 17 nitrogen and oxygen atoms in total. The van der Waals surface area contributed by atoms with E-state index in [9.17, 15) is 43.2 Å². The van der Waals surface area contributed by atoms with E-state index in [-0.39, 0.29) is 25.7 Å². The van der Waals surface area contributed by atoms with Gasteiger partial charge in [-0.25, -0.2) is 9.13 Å². The van der Waals surface area contributed by atoms with Crippen LogP contribution in [0.1, 0.15) is 337 Å². The lowest BCUT2D eigenvalue weighted by Crippen LogP contribution is -2.30. The second kappa shape index (κ2) is 59.4. The Labute approximate surface area is 524 Å². The fourth-order valence-electron chi connectivity index (χ4n) is 10.1. The van der Waals surface area contributed by atoms with E-state index < -0.39 is 97.5 Å². The number of hydrogen-bond acceptors (Lipinski definition) is 15. The standard InChI is InChI=1S/C67H130O17P2/c1-7-9-11-13-14-15-16-17-18-19-20-21-22-27-33-39-45-51-66(71)84-63(56-78-65(70)50-44-38-32-26-24-23-25-30-36-41-47-59(3)4)58-82-86(75,76)80-54-61(68)53-79-85(73,74)81-57-62(55-77-64(69)49-43-35-12-10-8-2)83-67(72)52-46-40-34-29-28-31-37-42-48-60(5)6/h59-63,68H,7-58H2,1-6H3,(H,73,74)(H,75,76)/t61-,62+,63+/m0/s1. The summed E-state index contributed by atoms with van der Waals surface area (Å²) in [6.45, 7) is 9.39. The minimum absolute atomic E-state index is 0.103. The predicted molar refractivity (Wildman–Crippen MR) is 345 cm³/mol. The molecule has 0 aliphatic heterocycles. The van der Waals surface area contributed by atoms with Crippen molar-refractivity contribution >= 4 is 39.5 Å². The fraction of sp³-hybridized carbons (Fsp3) is 0.940. The first kappa shape index (κ1) is 84.1. The number of aliphatic hydroxyl groups excluding tert-OH is 1. The van der Waals surface area contributed by atoms with Gasteiger partial charge in [0, 0.05) is 25.7 Å². The van der Waals surface area contributed by atoms with E-state index in [1.807, 2.05) is 0 Å². The molecule has 5 atom stereocenters. The van der Waals surface area contributed by atoms with E-state index in [1.54, 1.807) is 0 Å². The lowest BCUT2D eigenvalue weighted by atomic mass is 10.0. The van der Waals surface area contributed by atoms with E-state index in [4.69, 9.17) is 37.0 Å². The third kappa shape index (κ3) is 60.9. The summed E-state index contributed by atoms with van der Waals surface area (Å²) in [6.07, 6.45) is 43.5. The number of phosphoric acid groups is 2. The van der Waals surface area contributed by atoms with Gasteiger partial charge in [-0.3, -0.25) is 37.3 Å². The van der Waals surface area contributed by atoms with Crippen molar-refractivity contribution in [3.05, 3.63) is 0 Å². The van der Waals surface area contributed by atoms with Gasteiger partial charge >= 0.3 is 39.5 Å². The lowest BCUT2D eigenvalue weighted by molar-refractivity contribution is -0.161. The molecule has 19 heteroatoms. The van der Waals surface area contributed by atoms with Gasteiger partial charge in [0.25, 0.3) is 0 Å². The van der Waals surface area contributed by atoms with Gasteiger partial charge < -0.3 is 33.8 Å². The molecule has 86 heavy (non-hydrogen) atoms. The maximum Gasteiger partial charge on any atom is 0.472 e. The Morgan fingerprint density at radius 3 is 0.791 bits per heavy atom. The minimum atomic E-state index is -4.95. The van der Waals surface area contributed by atoms with Crippen LogP contribution in [0.25, 0.3) is 0 Å². The van der Waals surface area contributed by atoms with Gasteiger partial charge in [-0.05, 0) is 37.5 Å². The zero-order valence-electron chi connectivity index (χ0n) is 55.6. The van der Waals surface area contributed by atoms with Crippen molar-refractivity contribution in [2.75, 3.05) is 39.6 Å². The molecule has 0 aromatic rings. The van der Waals surface area contributed by atoms with E-state index in [2.05, 4.69) is 41.5 Å². The molecule has 0 rings (SSSR count). The van der Waals surface area contributed by atoms with Crippen LogP contribution in [0.15, 0.2) is 0 Å². The Balaban J connectivity index is 5.16. The third-order valence-corrected chi connectivity index (χ3v) is 17.4. The van der Waals surface area contributed by atoms with Crippen molar-refractivity contribution in [3.8, 4) is 0 Å². The van der Waals surface area contributed by atoms with E-state index in [1.165, 1.54) is 148 Å². The number of esters is 4. The second-order valence-corrected chi connectivity index (χ2v) is 28.1. The minimum Gasteiger partial charge on any atom is -0.462 e. The SMILES string of the molecule is CCCCCCCCCCCCCCCCCCCC(=O)O[C@H](COC(=O)CCCCCCCCCCCCC(C)C)COP(=O)(O)OC[C@@H](O)COP(=O)(O)OC[C@@H](COC(=O)CCCCCCC)OC(=O)CCCCCCCCCCC(C)C. The van der Waals surface area contributed by atoms with Gasteiger partial charge in [-0.2, -0.15) is 0 Å². The maximum absolute atomic E-state index is 13.0. The first-order valence-electron chi connectivity index (χ1n) is 35.0. The van der Waals surface area contributed by atoms with Crippen molar-refractivity contribution < 1.29 is 80.2 Å². The summed E-state index contributed by atoms with van der Waals surface area (Å²) in [5, 5.41) is 10.5. The molecule has 0 aromatic carbocycles. The Hall–Kier alpha value is -1.94. The number of phosphoric ester groups is 2. The average molecular weight is 1270 g/mol. The van der Waals surface area contributed by atoms with E-state index in [0.717, 1.165) is 108 Å². The van der Waals surface area contributed by atoms with Gasteiger partial charge in [0.05, 0.1) is 26.4 Å². The molecule has 0 saturated carbocycles. The summed E-state index contributed by atoms with van der Waals surface area (Å²) in [4.78, 5) is 72.1. The maximum atomic E-state index is 13.0. The number of unbranched alkanes of at least 4 members (excludes halogenated alkanes) is 36. The molecule has 0 fully saturated rings. The summed E-state index contributed by atoms with van der Waals surface area (Å²) in [7, 11) is -9.88. The van der Waals surface area contributed by atoms with Crippen molar-refractivity contribution in [1.82, 2.24) is 0 Å². The average Bonchev–Trinajstić information content (AvgIpc) is 3.69. The topological polar surface area (TPSA) is 237 Å². The predicted octanol–water partition coefficient (Wildman–Crippen LogP) is 18.8. The largest absolute Gasteiger partial charge is 0.472 e. The fourth-order valence-corrected chi connectivity index (χ4v) is 11.6. The summed E-state index contributed by atoms with van der Waals surface area (Å²) < 4.78 is 67.9. The number of carbonyl (C=O) groups is 4. The zero-order valence-corrected chi connectivity index (χ0v) is 57.4. The Morgan fingerprint density at radius 2 is 0.535 bits per heavy atom. The molecular weight excluding hydrogens is 1140 g/mol. The first-order valence-corrected chi connectivity index (χ1v) is 38.0. The number of carbonyl (C=O) groups excluding carboxylic acids is 4. The number of aliphatic hydroxyl groups is 1. The Bertz CT molecular complexity index is 1680. The van der Waals surface area contributed by atoms with Crippen molar-refractivity contribution in [1.29, 1.82) is 0 Å². The normalized spacial score (nSPS) is 14.2. The molecule has 0 aromatic heterocycles. The highest BCUT2D eigenvalue weighted by Gasteiger charge is 2.30. The van der Waals surface area contributed by atoms with Gasteiger partial charge in [0.15, 0.2) is 12.2 Å². The highest BCUT2D eigenvalue weighted by molar-refractivity contribution is 7.47. The Kier molecular flexibility index (Phi) is 58.0. The van der Waals surface area contributed by atoms with Crippen LogP contribution in [0, 0.1) is 11.8 Å². The van der Waals surface area contributed by atoms with Crippen LogP contribution in [-0.2, 0) is 65.4 Å². The molecule has 0 saturated heterocycles. The van der Waals surface area contributed by atoms with E-state index in [0.29, 0.717) is 25.7 Å². The van der Waals surface area contributed by atoms with Gasteiger partial charge in [-0.1, -0.05) is 286 Å². The number of ether oxygens (including phenoxy) is 4. The van der Waals surface area contributed by atoms with Crippen molar-refractivity contribution in [3.63, 3.8) is 0 Å². The van der Waals surface area contributed by atoms with Crippen LogP contribution in [0.2, 0.25) is 0 Å². The summed E-state index contributed by atoms with van der Waals surface area (Å²) in [5.41, 5.74) is 0. The molecule has 0 radical (unpaired) electrons. The summed E-state index contributed by atoms with van der Waals surface area (Å²) >= 11 is 0. The van der Waals surface area contributed by atoms with Gasteiger partial charge in [-0.15, -0.1) is 0 Å². The van der Waals surface area contributed by atoms with Crippen LogP contribution >= 0.6 is 15.6 Å². The van der Waals surface area contributed by atoms with Crippen LogP contribution in [0.4, 0.5) is 0 Å². The Morgan fingerprint density at radius 1 is 0.314 bits per heavy atom. The van der Waals surface area contributed by atoms with Crippen LogP contribution in [0.3, 0.4) is 0 Å². The van der Waals surface area contributed by atoms with Gasteiger partial charge in [0.2, 0.25) is 0 Å². The monoisotopic (exact) mass is 1270 g/mol. The van der Waals surface area contributed by atoms with Gasteiger partial charge in [0.1, 0.15) is 19.3 Å². The molecule has 0 aliphatic rings. The highest BCUT2D eigenvalue weighted by Crippen LogP contribution is 2.45. The van der Waals surface area contributed by atoms with Crippen LogP contribution < -0.4 is 0 Å². The molecular formula is C67H130O17P2. The molecule has 0 bridgehead atoms. The zero-order chi connectivity index (χ0) is 63.6. The summed E-state index contributed by atoms with van der Waals surface area (Å²) in [5.74, 6) is -0.663. The molecule has 510 valence electrons. The number of hydrogen-bond donors (Lipinski definition) is 3. The highest BCUT2D eigenvalue weighted by atomic mass is 31.2. The molecule has 0 spiro atoms. The third-order valence-electron chi connectivity index (χ3n) is 15.5. The quantitative estimate of drug-likeness (QED) is 0.0222. The molecule has 0 heterocycles. The molecule has 3 N–H and O–H groups in total. The smallest absolute Gasteiger partial charge is 0.462 e. The van der Waals surface area contributed by atoms with Crippen molar-refractivity contribution in [2.24, 2.45) is 11.8 Å². The second-order valence-electron chi connectivity index (χ2n) is 25.2. The molecule has 0 amide bonds. The van der Waals surface area contributed by atoms with E-state index >= 15 is 0 Å². The molecule has 2 unspecified atom stereocenters.